The van der Waals surface area contributed by atoms with Crippen molar-refractivity contribution >= 4 is 27.5 Å². The summed E-state index contributed by atoms with van der Waals surface area (Å²) < 4.78 is 26.6. The van der Waals surface area contributed by atoms with Gasteiger partial charge in [-0.3, -0.25) is 13.9 Å². The van der Waals surface area contributed by atoms with Crippen LogP contribution < -0.4 is 9.62 Å². The summed E-state index contributed by atoms with van der Waals surface area (Å²) >= 11 is 0. The first-order chi connectivity index (χ1) is 15.8. The number of carbonyl (C=O) groups excluding carboxylic acids is 2. The molecule has 2 aromatic rings. The zero-order valence-corrected chi connectivity index (χ0v) is 22.1. The molecular weight excluding hydrogens is 450 g/mol. The normalized spacial score (nSPS) is 13.1. The van der Waals surface area contributed by atoms with E-state index >= 15 is 0 Å². The smallest absolute Gasteiger partial charge is 0.244 e. The van der Waals surface area contributed by atoms with E-state index in [0.717, 1.165) is 39.2 Å². The van der Waals surface area contributed by atoms with Crippen LogP contribution in [0.15, 0.2) is 42.5 Å². The molecule has 0 saturated heterocycles. The van der Waals surface area contributed by atoms with Gasteiger partial charge >= 0.3 is 0 Å². The Hall–Kier alpha value is -2.87. The van der Waals surface area contributed by atoms with Crippen molar-refractivity contribution in [3.8, 4) is 0 Å². The molecule has 2 atom stereocenters. The SMILES string of the molecule is CC[C@@H](C)NC(=O)[C@H](C)N(Cc1cccc(C)c1)C(=O)CN(c1cc(C)ccc1C)S(C)(=O)=O. The lowest BCUT2D eigenvalue weighted by Crippen LogP contribution is -2.52. The molecule has 0 aliphatic heterocycles. The van der Waals surface area contributed by atoms with Gasteiger partial charge in [0.1, 0.15) is 12.6 Å². The van der Waals surface area contributed by atoms with Gasteiger partial charge in [0.25, 0.3) is 0 Å². The number of nitrogens with one attached hydrogen (secondary N) is 1. The Morgan fingerprint density at radius 2 is 1.65 bits per heavy atom. The molecule has 0 spiro atoms. The highest BCUT2D eigenvalue weighted by molar-refractivity contribution is 7.92. The quantitative estimate of drug-likeness (QED) is 0.554. The molecular formula is C26H37N3O4S. The fraction of sp³-hybridized carbons (Fsp3) is 0.462. The van der Waals surface area contributed by atoms with Gasteiger partial charge < -0.3 is 10.2 Å². The van der Waals surface area contributed by atoms with E-state index in [9.17, 15) is 18.0 Å². The summed E-state index contributed by atoms with van der Waals surface area (Å²) in [7, 11) is -3.75. The summed E-state index contributed by atoms with van der Waals surface area (Å²) in [4.78, 5) is 28.0. The third kappa shape index (κ3) is 7.32. The van der Waals surface area contributed by atoms with Crippen molar-refractivity contribution in [1.82, 2.24) is 10.2 Å². The molecule has 34 heavy (non-hydrogen) atoms. The molecule has 2 rings (SSSR count). The van der Waals surface area contributed by atoms with Crippen molar-refractivity contribution in [2.45, 2.75) is 66.6 Å². The van der Waals surface area contributed by atoms with Crippen LogP contribution in [0.2, 0.25) is 0 Å². The first-order valence-corrected chi connectivity index (χ1v) is 13.4. The summed E-state index contributed by atoms with van der Waals surface area (Å²) in [5, 5.41) is 2.93. The largest absolute Gasteiger partial charge is 0.352 e. The molecule has 2 amide bonds. The monoisotopic (exact) mass is 487 g/mol. The zero-order chi connectivity index (χ0) is 25.6. The van der Waals surface area contributed by atoms with Crippen molar-refractivity contribution in [2.24, 2.45) is 0 Å². The number of aryl methyl sites for hydroxylation is 3. The molecule has 0 unspecified atom stereocenters. The first kappa shape index (κ1) is 27.4. The molecule has 7 nitrogen and oxygen atoms in total. The zero-order valence-electron chi connectivity index (χ0n) is 21.3. The Morgan fingerprint density at radius 3 is 2.24 bits per heavy atom. The Kier molecular flexibility index (Phi) is 9.27. The topological polar surface area (TPSA) is 86.8 Å². The molecule has 0 saturated carbocycles. The van der Waals surface area contributed by atoms with Crippen LogP contribution in [0.1, 0.15) is 49.4 Å². The van der Waals surface area contributed by atoms with E-state index in [2.05, 4.69) is 5.32 Å². The van der Waals surface area contributed by atoms with Crippen molar-refractivity contribution in [2.75, 3.05) is 17.1 Å². The fourth-order valence-electron chi connectivity index (χ4n) is 3.64. The van der Waals surface area contributed by atoms with Gasteiger partial charge in [-0.25, -0.2) is 8.42 Å². The molecule has 1 N–H and O–H groups in total. The number of benzene rings is 2. The van der Waals surface area contributed by atoms with Crippen LogP contribution in [0.4, 0.5) is 5.69 Å². The minimum Gasteiger partial charge on any atom is -0.352 e. The Labute approximate surface area is 204 Å². The minimum absolute atomic E-state index is 0.0340. The van der Waals surface area contributed by atoms with E-state index in [1.165, 1.54) is 4.90 Å². The maximum atomic E-state index is 13.6. The molecule has 0 heterocycles. The maximum absolute atomic E-state index is 13.6. The second kappa shape index (κ2) is 11.5. The fourth-order valence-corrected chi connectivity index (χ4v) is 4.54. The summed E-state index contributed by atoms with van der Waals surface area (Å²) in [6, 6.07) is 12.4. The van der Waals surface area contributed by atoms with Gasteiger partial charge in [0.05, 0.1) is 11.9 Å². The molecule has 0 aromatic heterocycles. The van der Waals surface area contributed by atoms with Crippen LogP contribution in [-0.4, -0.2) is 50.0 Å². The highest BCUT2D eigenvalue weighted by atomic mass is 32.2. The van der Waals surface area contributed by atoms with Gasteiger partial charge in [-0.05, 0) is 63.8 Å². The summed E-state index contributed by atoms with van der Waals surface area (Å²) in [6.45, 7) is 11.0. The number of carbonyl (C=O) groups is 2. The van der Waals surface area contributed by atoms with Gasteiger partial charge in [0.15, 0.2) is 0 Å². The summed E-state index contributed by atoms with van der Waals surface area (Å²) in [6.07, 6.45) is 1.85. The van der Waals surface area contributed by atoms with Gasteiger partial charge in [0.2, 0.25) is 21.8 Å². The molecule has 186 valence electrons. The van der Waals surface area contributed by atoms with Crippen LogP contribution in [0.25, 0.3) is 0 Å². The molecule has 0 aliphatic carbocycles. The highest BCUT2D eigenvalue weighted by Crippen LogP contribution is 2.24. The van der Waals surface area contributed by atoms with Crippen LogP contribution >= 0.6 is 0 Å². The van der Waals surface area contributed by atoms with Crippen LogP contribution in [0, 0.1) is 20.8 Å². The lowest BCUT2D eigenvalue weighted by molar-refractivity contribution is -0.139. The predicted octanol–water partition coefficient (Wildman–Crippen LogP) is 3.71. The molecule has 0 bridgehead atoms. The van der Waals surface area contributed by atoms with E-state index in [1.807, 2.05) is 71.0 Å². The van der Waals surface area contributed by atoms with E-state index in [-0.39, 0.29) is 18.5 Å². The number of hydrogen-bond acceptors (Lipinski definition) is 4. The third-order valence-electron chi connectivity index (χ3n) is 5.92. The second-order valence-corrected chi connectivity index (χ2v) is 11.0. The Bertz CT molecular complexity index is 1130. The molecule has 8 heteroatoms. The molecule has 0 radical (unpaired) electrons. The van der Waals surface area contributed by atoms with E-state index in [1.54, 1.807) is 13.0 Å². The van der Waals surface area contributed by atoms with Crippen LogP contribution in [0.5, 0.6) is 0 Å². The van der Waals surface area contributed by atoms with Gasteiger partial charge in [-0.15, -0.1) is 0 Å². The number of anilines is 1. The Morgan fingerprint density at radius 1 is 1.00 bits per heavy atom. The minimum atomic E-state index is -3.75. The van der Waals surface area contributed by atoms with Crippen molar-refractivity contribution < 1.29 is 18.0 Å². The number of nitrogens with zero attached hydrogens (tertiary/aromatic N) is 2. The lowest BCUT2D eigenvalue weighted by atomic mass is 10.1. The number of amides is 2. The number of sulfonamides is 1. The number of rotatable bonds is 10. The van der Waals surface area contributed by atoms with E-state index in [0.29, 0.717) is 5.69 Å². The molecule has 0 fully saturated rings. The van der Waals surface area contributed by atoms with Gasteiger partial charge in [0, 0.05) is 12.6 Å². The lowest BCUT2D eigenvalue weighted by Gasteiger charge is -2.32. The summed E-state index contributed by atoms with van der Waals surface area (Å²) in [5.41, 5.74) is 4.00. The molecule has 2 aromatic carbocycles. The Balaban J connectivity index is 2.43. The van der Waals surface area contributed by atoms with Crippen molar-refractivity contribution in [1.29, 1.82) is 0 Å². The van der Waals surface area contributed by atoms with Crippen LogP contribution in [-0.2, 0) is 26.2 Å². The predicted molar refractivity (Wildman–Crippen MR) is 137 cm³/mol. The average molecular weight is 488 g/mol. The van der Waals surface area contributed by atoms with E-state index < -0.39 is 28.5 Å². The maximum Gasteiger partial charge on any atom is 0.244 e. The van der Waals surface area contributed by atoms with Gasteiger partial charge in [-0.1, -0.05) is 48.9 Å². The number of hydrogen-bond donors (Lipinski definition) is 1. The van der Waals surface area contributed by atoms with Gasteiger partial charge in [-0.2, -0.15) is 0 Å². The standard InChI is InChI=1S/C26H37N3O4S/c1-8-21(5)27-26(31)22(6)28(16-23-11-9-10-18(2)14-23)25(30)17-29(34(7,32)33)24-15-19(3)12-13-20(24)4/h9-15,21-22H,8,16-17H2,1-7H3,(H,27,31)/t21-,22+/m1/s1. The second-order valence-electron chi connectivity index (χ2n) is 9.06. The van der Waals surface area contributed by atoms with Crippen molar-refractivity contribution in [3.05, 3.63) is 64.7 Å². The highest BCUT2D eigenvalue weighted by Gasteiger charge is 2.31. The van der Waals surface area contributed by atoms with Crippen molar-refractivity contribution in [3.63, 3.8) is 0 Å². The van der Waals surface area contributed by atoms with Crippen LogP contribution in [0.3, 0.4) is 0 Å². The summed E-state index contributed by atoms with van der Waals surface area (Å²) in [5.74, 6) is -0.715. The average Bonchev–Trinajstić information content (AvgIpc) is 2.76. The third-order valence-corrected chi connectivity index (χ3v) is 7.04. The first-order valence-electron chi connectivity index (χ1n) is 11.5. The van der Waals surface area contributed by atoms with E-state index in [4.69, 9.17) is 0 Å². The molecule has 0 aliphatic rings.